The normalized spacial score (nSPS) is 30.5. The predicted octanol–water partition coefficient (Wildman–Crippen LogP) is -5.19. The second-order valence-corrected chi connectivity index (χ2v) is 15.1. The first kappa shape index (κ1) is 43.7. The van der Waals surface area contributed by atoms with Crippen LogP contribution in [0.3, 0.4) is 0 Å². The number of hydrogen-bond acceptors (Lipinski definition) is 18. The number of likely N-dealkylation sites (tertiary alicyclic amines) is 1. The zero-order chi connectivity index (χ0) is 41.4. The summed E-state index contributed by atoms with van der Waals surface area (Å²) in [6.45, 7) is 6.22. The van der Waals surface area contributed by atoms with E-state index in [-0.39, 0.29) is 58.7 Å². The molecule has 0 aromatic rings. The van der Waals surface area contributed by atoms with E-state index < -0.39 is 96.3 Å². The van der Waals surface area contributed by atoms with Crippen molar-refractivity contribution < 1.29 is 72.9 Å². The molecule has 2 unspecified atom stereocenters. The molecule has 57 heavy (non-hydrogen) atoms. The summed E-state index contributed by atoms with van der Waals surface area (Å²) in [5.74, 6) is -7.80. The Morgan fingerprint density at radius 2 is 1.28 bits per heavy atom. The van der Waals surface area contributed by atoms with E-state index in [9.17, 15) is 48.4 Å². The largest absolute Gasteiger partial charge is 0.475 e. The van der Waals surface area contributed by atoms with Crippen molar-refractivity contribution in [2.24, 2.45) is 5.92 Å². The van der Waals surface area contributed by atoms with Crippen LogP contribution in [0, 0.1) is 5.92 Å². The molecule has 24 heteroatoms. The number of carbonyl (C=O) groups is 8. The number of amides is 4. The molecule has 6 atom stereocenters. The van der Waals surface area contributed by atoms with E-state index in [1.54, 1.807) is 33.4 Å². The highest BCUT2D eigenvalue weighted by atomic mass is 17.4. The maximum Gasteiger partial charge on any atom is 0.475 e. The third kappa shape index (κ3) is 11.8. The summed E-state index contributed by atoms with van der Waals surface area (Å²) < 4.78 is 0. The first-order valence-electron chi connectivity index (χ1n) is 19.3. The number of carbonyl (C=O) groups excluding carboxylic acids is 8. The molecule has 0 aromatic carbocycles. The van der Waals surface area contributed by atoms with Crippen molar-refractivity contribution >= 4 is 54.6 Å². The Morgan fingerprint density at radius 3 is 1.79 bits per heavy atom. The summed E-state index contributed by atoms with van der Waals surface area (Å²) in [6, 6.07) is -3.31. The second-order valence-electron chi connectivity index (χ2n) is 15.1. The molecule has 5 rings (SSSR count). The second kappa shape index (κ2) is 19.3. The molecule has 5 fully saturated rings. The summed E-state index contributed by atoms with van der Waals surface area (Å²) in [5.41, 5.74) is 0. The standard InChI is InChI=1S/C33H52BN9O14/c1-21(2)30(31(49)36-22(3)32(50)42-8-4-5-24(42)34(52)53)37-26(45)17-35-25(44)7-6-23-33(51)57-43-54-27(46)18-38-9-11-39(19-28(47)55-43)13-15-41(23)16-14-40(12-10-38)20-29(48)56-43/h21-24,30,52-53H,4-20H2,1-3H3,(H2-,35,36,37,44,45,49)/p+1/t22-,23-,24+,30+/m1/s1. The number of quaternary nitrogens is 1. The number of nitrogens with zero attached hydrogens (tertiary/aromatic N) is 6. The van der Waals surface area contributed by atoms with Crippen molar-refractivity contribution in [2.45, 2.75) is 70.5 Å². The van der Waals surface area contributed by atoms with Crippen LogP contribution < -0.4 is 16.0 Å². The van der Waals surface area contributed by atoms with Crippen LogP contribution in [0.15, 0.2) is 0 Å². The van der Waals surface area contributed by atoms with E-state index in [0.717, 1.165) is 0 Å². The van der Waals surface area contributed by atoms with Gasteiger partial charge < -0.3 is 30.9 Å². The fourth-order valence-corrected chi connectivity index (χ4v) is 7.36. The summed E-state index contributed by atoms with van der Waals surface area (Å²) >= 11 is 0. The van der Waals surface area contributed by atoms with Gasteiger partial charge in [-0.3, -0.25) is 38.8 Å². The highest BCUT2D eigenvalue weighted by molar-refractivity contribution is 6.43. The van der Waals surface area contributed by atoms with E-state index in [4.69, 9.17) is 19.4 Å². The average Bonchev–Trinajstić information content (AvgIpc) is 3.61. The van der Waals surface area contributed by atoms with Gasteiger partial charge in [-0.05, 0) is 32.1 Å². The van der Waals surface area contributed by atoms with E-state index >= 15 is 0 Å². The van der Waals surface area contributed by atoms with E-state index in [2.05, 4.69) is 16.0 Å². The number of fused-ring (bicyclic) bond motifs is 12. The van der Waals surface area contributed by atoms with Crippen molar-refractivity contribution in [3.05, 3.63) is 0 Å². The van der Waals surface area contributed by atoms with Crippen molar-refractivity contribution in [3.8, 4) is 0 Å². The molecular weight excluding hydrogens is 757 g/mol. The van der Waals surface area contributed by atoms with E-state index in [1.165, 1.54) is 11.8 Å². The Hall–Kier alpha value is -4.46. The molecule has 316 valence electrons. The van der Waals surface area contributed by atoms with Gasteiger partial charge in [0.05, 0.1) is 12.5 Å². The third-order valence-corrected chi connectivity index (χ3v) is 10.5. The van der Waals surface area contributed by atoms with Crippen molar-refractivity contribution in [3.63, 3.8) is 0 Å². The smallest absolute Gasteiger partial charge is 0.426 e. The molecule has 4 amide bonds. The van der Waals surface area contributed by atoms with Gasteiger partial charge in [0.2, 0.25) is 23.6 Å². The Kier molecular flexibility index (Phi) is 14.8. The van der Waals surface area contributed by atoms with Crippen LogP contribution >= 0.6 is 0 Å². The number of nitrogens with one attached hydrogen (secondary N) is 3. The van der Waals surface area contributed by atoms with Gasteiger partial charge in [-0.2, -0.15) is 0 Å². The Balaban J connectivity index is 1.24. The molecule has 5 aliphatic heterocycles. The number of hydrogen-bond donors (Lipinski definition) is 5. The van der Waals surface area contributed by atoms with Crippen molar-refractivity contribution in [1.29, 1.82) is 0 Å². The van der Waals surface area contributed by atoms with Gasteiger partial charge in [0.15, 0.2) is 0 Å². The highest BCUT2D eigenvalue weighted by Gasteiger charge is 2.55. The molecule has 5 saturated heterocycles. The van der Waals surface area contributed by atoms with Crippen molar-refractivity contribution in [2.75, 3.05) is 85.1 Å². The molecule has 0 aromatic heterocycles. The summed E-state index contributed by atoms with van der Waals surface area (Å²) in [4.78, 5) is 135. The molecule has 0 aliphatic carbocycles. The maximum absolute atomic E-state index is 13.9. The minimum Gasteiger partial charge on any atom is -0.426 e. The molecule has 5 heterocycles. The molecular formula is C33H53BN9O14+. The molecule has 23 nitrogen and oxygen atoms in total. The van der Waals surface area contributed by atoms with Gasteiger partial charge in [-0.15, -0.1) is 19.4 Å². The lowest BCUT2D eigenvalue weighted by molar-refractivity contribution is -1.44. The topological polar surface area (TPSA) is 266 Å². The monoisotopic (exact) mass is 810 g/mol. The summed E-state index contributed by atoms with van der Waals surface area (Å²) in [5, 5.41) is 24.6. The fraction of sp³-hybridized carbons (Fsp3) is 0.758. The van der Waals surface area contributed by atoms with Crippen LogP contribution in [-0.2, 0) is 57.7 Å². The van der Waals surface area contributed by atoms with Crippen LogP contribution in [0.25, 0.3) is 0 Å². The fourth-order valence-electron chi connectivity index (χ4n) is 7.36. The average molecular weight is 811 g/mol. The molecule has 0 saturated carbocycles. The van der Waals surface area contributed by atoms with Crippen LogP contribution in [-0.4, -0.2) is 203 Å². The first-order chi connectivity index (χ1) is 27.0. The SMILES string of the molecule is CC(C)[C@H](NC(=O)CNC(=O)CC[C@@H]1C(=O)O[N+]23OC(=O)CN4CCN(CCN1CCN(CC4)CC(=O)O2)CC(=O)O3)C(=O)N[C@H](C)C(=O)N1CCC[C@H]1B(O)O. The molecule has 5 aliphatic rings. The third-order valence-electron chi connectivity index (χ3n) is 10.5. The summed E-state index contributed by atoms with van der Waals surface area (Å²) in [6.07, 6.45) is 0.504. The van der Waals surface area contributed by atoms with E-state index in [0.29, 0.717) is 45.6 Å². The number of rotatable bonds is 11. The maximum atomic E-state index is 13.9. The lowest BCUT2D eigenvalue weighted by atomic mass is 9.78. The molecule has 1 spiro atoms. The van der Waals surface area contributed by atoms with Gasteiger partial charge in [-0.25, -0.2) is 19.2 Å². The Morgan fingerprint density at radius 1 is 0.754 bits per heavy atom. The van der Waals surface area contributed by atoms with Gasteiger partial charge in [0.25, 0.3) is 0 Å². The quantitative estimate of drug-likeness (QED) is 0.0965. The zero-order valence-corrected chi connectivity index (χ0v) is 32.5. The summed E-state index contributed by atoms with van der Waals surface area (Å²) in [7, 11) is -1.72. The van der Waals surface area contributed by atoms with Gasteiger partial charge in [0, 0.05) is 65.3 Å². The first-order valence-corrected chi connectivity index (χ1v) is 19.3. The molecule has 5 bridgehead atoms. The highest BCUT2D eigenvalue weighted by Crippen LogP contribution is 2.23. The zero-order valence-electron chi connectivity index (χ0n) is 32.5. The van der Waals surface area contributed by atoms with Gasteiger partial charge >= 0.3 is 36.1 Å². The Labute approximate surface area is 329 Å². The van der Waals surface area contributed by atoms with Gasteiger partial charge in [-0.1, -0.05) is 13.8 Å². The predicted molar refractivity (Wildman–Crippen MR) is 191 cm³/mol. The lowest BCUT2D eigenvalue weighted by Crippen LogP contribution is -2.57. The minimum absolute atomic E-state index is 0.177. The van der Waals surface area contributed by atoms with Gasteiger partial charge in [0.1, 0.15) is 37.8 Å². The van der Waals surface area contributed by atoms with Crippen LogP contribution in [0.5, 0.6) is 0 Å². The van der Waals surface area contributed by atoms with Crippen LogP contribution in [0.4, 0.5) is 0 Å². The Bertz CT molecular complexity index is 1500. The molecule has 5 N–H and O–H groups in total. The van der Waals surface area contributed by atoms with Crippen molar-refractivity contribution in [1.82, 2.24) is 40.4 Å². The minimum atomic E-state index is -2.26. The van der Waals surface area contributed by atoms with E-state index in [1.807, 2.05) is 0 Å². The molecule has 0 radical (unpaired) electrons. The lowest BCUT2D eigenvalue weighted by Gasteiger charge is -2.34. The van der Waals surface area contributed by atoms with Crippen LogP contribution in [0.2, 0.25) is 0 Å². The van der Waals surface area contributed by atoms with Crippen LogP contribution in [0.1, 0.15) is 46.5 Å².